The van der Waals surface area contributed by atoms with Crippen molar-refractivity contribution in [3.05, 3.63) is 106 Å². The standard InChI is InChI=1S/C24H22ClNO2/c1-2-16-26-23(27)21-10-6-7-11-22(21)24(26,19-12-14-20(25)15-13-19)28-17-18-8-4-3-5-9-18/h3-15H,2,16-17H2,1H3. The van der Waals surface area contributed by atoms with E-state index in [1.807, 2.05) is 83.8 Å². The molecule has 0 N–H and O–H groups in total. The van der Waals surface area contributed by atoms with Gasteiger partial charge in [0.15, 0.2) is 5.72 Å². The van der Waals surface area contributed by atoms with E-state index in [0.717, 1.165) is 23.1 Å². The largest absolute Gasteiger partial charge is 0.342 e. The summed E-state index contributed by atoms with van der Waals surface area (Å²) in [6.45, 7) is 3.07. The molecular formula is C24H22ClNO2. The van der Waals surface area contributed by atoms with Crippen LogP contribution in [0.3, 0.4) is 0 Å². The maximum Gasteiger partial charge on any atom is 0.257 e. The van der Waals surface area contributed by atoms with E-state index in [1.165, 1.54) is 0 Å². The van der Waals surface area contributed by atoms with Crippen molar-refractivity contribution in [1.82, 2.24) is 4.90 Å². The highest BCUT2D eigenvalue weighted by molar-refractivity contribution is 6.30. The van der Waals surface area contributed by atoms with Gasteiger partial charge < -0.3 is 9.64 Å². The molecule has 3 nitrogen and oxygen atoms in total. The number of halogens is 1. The summed E-state index contributed by atoms with van der Waals surface area (Å²) in [5.74, 6) is 0.000427. The zero-order valence-electron chi connectivity index (χ0n) is 15.8. The summed E-state index contributed by atoms with van der Waals surface area (Å²) in [4.78, 5) is 15.1. The van der Waals surface area contributed by atoms with Crippen molar-refractivity contribution < 1.29 is 9.53 Å². The number of carbonyl (C=O) groups excluding carboxylic acids is 1. The Hall–Kier alpha value is -2.62. The lowest BCUT2D eigenvalue weighted by molar-refractivity contribution is -0.117. The summed E-state index contributed by atoms with van der Waals surface area (Å²) in [6.07, 6.45) is 0.837. The van der Waals surface area contributed by atoms with Crippen molar-refractivity contribution in [2.24, 2.45) is 0 Å². The molecule has 0 saturated heterocycles. The molecule has 1 unspecified atom stereocenters. The third-order valence-corrected chi connectivity index (χ3v) is 5.37. The Morgan fingerprint density at radius 1 is 0.929 bits per heavy atom. The van der Waals surface area contributed by atoms with Crippen LogP contribution in [0.1, 0.15) is 40.4 Å². The summed E-state index contributed by atoms with van der Waals surface area (Å²) in [7, 11) is 0. The molecule has 0 spiro atoms. The van der Waals surface area contributed by atoms with Gasteiger partial charge in [0.1, 0.15) is 0 Å². The van der Waals surface area contributed by atoms with E-state index < -0.39 is 5.72 Å². The minimum atomic E-state index is -0.968. The molecule has 1 aliphatic heterocycles. The number of hydrogen-bond donors (Lipinski definition) is 0. The van der Waals surface area contributed by atoms with Gasteiger partial charge in [0.05, 0.1) is 6.61 Å². The molecule has 0 saturated carbocycles. The van der Waals surface area contributed by atoms with Crippen LogP contribution in [0.4, 0.5) is 0 Å². The van der Waals surface area contributed by atoms with Gasteiger partial charge in [-0.2, -0.15) is 0 Å². The van der Waals surface area contributed by atoms with Gasteiger partial charge in [-0.1, -0.05) is 79.2 Å². The second-order valence-electron chi connectivity index (χ2n) is 6.93. The molecule has 1 heterocycles. The molecule has 1 amide bonds. The number of ether oxygens (including phenoxy) is 1. The molecule has 4 heteroatoms. The van der Waals surface area contributed by atoms with Gasteiger partial charge in [-0.15, -0.1) is 0 Å². The molecule has 0 radical (unpaired) electrons. The first-order valence-corrected chi connectivity index (χ1v) is 9.90. The minimum absolute atomic E-state index is 0.000427. The maximum atomic E-state index is 13.3. The number of rotatable bonds is 6. The SMILES string of the molecule is CCCN1C(=O)c2ccccc2C1(OCc1ccccc1)c1ccc(Cl)cc1. The lowest BCUT2D eigenvalue weighted by atomic mass is 9.93. The van der Waals surface area contributed by atoms with E-state index >= 15 is 0 Å². The van der Waals surface area contributed by atoms with E-state index in [0.29, 0.717) is 23.7 Å². The van der Waals surface area contributed by atoms with Gasteiger partial charge in [0.2, 0.25) is 0 Å². The van der Waals surface area contributed by atoms with Gasteiger partial charge in [0.25, 0.3) is 5.91 Å². The first-order valence-electron chi connectivity index (χ1n) is 9.52. The lowest BCUT2D eigenvalue weighted by Crippen LogP contribution is -2.47. The van der Waals surface area contributed by atoms with Crippen LogP contribution in [0.15, 0.2) is 78.9 Å². The summed E-state index contributed by atoms with van der Waals surface area (Å²) in [5, 5.41) is 0.654. The van der Waals surface area contributed by atoms with Gasteiger partial charge in [-0.05, 0) is 30.2 Å². The summed E-state index contributed by atoms with van der Waals surface area (Å²) in [6, 6.07) is 25.3. The molecule has 0 bridgehead atoms. The third-order valence-electron chi connectivity index (χ3n) is 5.12. The number of hydrogen-bond acceptors (Lipinski definition) is 2. The molecule has 0 aliphatic carbocycles. The minimum Gasteiger partial charge on any atom is -0.342 e. The number of carbonyl (C=O) groups is 1. The highest BCUT2D eigenvalue weighted by Gasteiger charge is 2.51. The van der Waals surface area contributed by atoms with Gasteiger partial charge in [0, 0.05) is 28.3 Å². The van der Waals surface area contributed by atoms with Crippen LogP contribution in [-0.4, -0.2) is 17.4 Å². The predicted octanol–water partition coefficient (Wildman–Crippen LogP) is 5.62. The molecular weight excluding hydrogens is 370 g/mol. The van der Waals surface area contributed by atoms with Crippen LogP contribution in [0.2, 0.25) is 5.02 Å². The Morgan fingerprint density at radius 2 is 1.61 bits per heavy atom. The van der Waals surface area contributed by atoms with E-state index in [1.54, 1.807) is 0 Å². The van der Waals surface area contributed by atoms with Crippen LogP contribution < -0.4 is 0 Å². The predicted molar refractivity (Wildman–Crippen MR) is 111 cm³/mol. The molecule has 142 valence electrons. The molecule has 1 atom stereocenters. The molecule has 3 aromatic carbocycles. The van der Waals surface area contributed by atoms with Crippen molar-refractivity contribution in [3.63, 3.8) is 0 Å². The van der Waals surface area contributed by atoms with Crippen LogP contribution in [0, 0.1) is 0 Å². The topological polar surface area (TPSA) is 29.5 Å². The van der Waals surface area contributed by atoms with Gasteiger partial charge >= 0.3 is 0 Å². The van der Waals surface area contributed by atoms with Crippen molar-refractivity contribution in [2.75, 3.05) is 6.54 Å². The highest BCUT2D eigenvalue weighted by Crippen LogP contribution is 2.46. The van der Waals surface area contributed by atoms with Crippen molar-refractivity contribution in [3.8, 4) is 0 Å². The van der Waals surface area contributed by atoms with Crippen LogP contribution in [-0.2, 0) is 17.1 Å². The van der Waals surface area contributed by atoms with E-state index in [9.17, 15) is 4.79 Å². The summed E-state index contributed by atoms with van der Waals surface area (Å²) in [5.41, 5.74) is 2.57. The average Bonchev–Trinajstić information content (AvgIpc) is 2.97. The fraction of sp³-hybridized carbons (Fsp3) is 0.208. The Kier molecular flexibility index (Phi) is 5.21. The number of benzene rings is 3. The van der Waals surface area contributed by atoms with Crippen LogP contribution in [0.25, 0.3) is 0 Å². The molecule has 4 rings (SSSR count). The van der Waals surface area contributed by atoms with Crippen molar-refractivity contribution >= 4 is 17.5 Å². The fourth-order valence-corrected chi connectivity index (χ4v) is 4.00. The van der Waals surface area contributed by atoms with Crippen molar-refractivity contribution in [2.45, 2.75) is 25.7 Å². The second kappa shape index (κ2) is 7.78. The van der Waals surface area contributed by atoms with E-state index in [4.69, 9.17) is 16.3 Å². The zero-order chi connectivity index (χ0) is 19.6. The van der Waals surface area contributed by atoms with Gasteiger partial charge in [-0.25, -0.2) is 0 Å². The highest BCUT2D eigenvalue weighted by atomic mass is 35.5. The fourth-order valence-electron chi connectivity index (χ4n) is 3.87. The summed E-state index contributed by atoms with van der Waals surface area (Å²) >= 11 is 6.14. The average molecular weight is 392 g/mol. The Balaban J connectivity index is 1.87. The van der Waals surface area contributed by atoms with Crippen LogP contribution >= 0.6 is 11.6 Å². The Labute approximate surface area is 170 Å². The van der Waals surface area contributed by atoms with Crippen LogP contribution in [0.5, 0.6) is 0 Å². The maximum absolute atomic E-state index is 13.3. The molecule has 0 aromatic heterocycles. The quantitative estimate of drug-likeness (QED) is 0.545. The number of nitrogens with zero attached hydrogens (tertiary/aromatic N) is 1. The molecule has 1 aliphatic rings. The normalized spacial score (nSPS) is 18.4. The van der Waals surface area contributed by atoms with Gasteiger partial charge in [-0.3, -0.25) is 4.79 Å². The first kappa shape index (κ1) is 18.7. The van der Waals surface area contributed by atoms with E-state index in [2.05, 4.69) is 6.92 Å². The molecule has 3 aromatic rings. The molecule has 0 fully saturated rings. The monoisotopic (exact) mass is 391 g/mol. The Bertz CT molecular complexity index is 971. The molecule has 28 heavy (non-hydrogen) atoms. The first-order chi connectivity index (χ1) is 13.7. The lowest BCUT2D eigenvalue weighted by Gasteiger charge is -2.39. The van der Waals surface area contributed by atoms with E-state index in [-0.39, 0.29) is 5.91 Å². The second-order valence-corrected chi connectivity index (χ2v) is 7.36. The third kappa shape index (κ3) is 3.11. The summed E-state index contributed by atoms with van der Waals surface area (Å²) < 4.78 is 6.63. The van der Waals surface area contributed by atoms with Crippen molar-refractivity contribution in [1.29, 1.82) is 0 Å². The smallest absolute Gasteiger partial charge is 0.257 e. The zero-order valence-corrected chi connectivity index (χ0v) is 16.5. The number of fused-ring (bicyclic) bond motifs is 1. The number of amides is 1. The Morgan fingerprint density at radius 3 is 2.32 bits per heavy atom.